The van der Waals surface area contributed by atoms with Gasteiger partial charge in [0, 0.05) is 37.1 Å². The van der Waals surface area contributed by atoms with Crippen LogP contribution in [-0.2, 0) is 6.54 Å². The van der Waals surface area contributed by atoms with Crippen molar-refractivity contribution in [1.29, 1.82) is 0 Å². The van der Waals surface area contributed by atoms with Crippen molar-refractivity contribution >= 4 is 0 Å². The number of nitrogens with zero attached hydrogens (tertiary/aromatic N) is 4. The van der Waals surface area contributed by atoms with Gasteiger partial charge in [-0.15, -0.1) is 0 Å². The molecule has 1 aliphatic rings. The maximum absolute atomic E-state index is 13.1. The van der Waals surface area contributed by atoms with Crippen LogP contribution in [0.2, 0.25) is 0 Å². The molecular weight excluding hydrogens is 327 g/mol. The fourth-order valence-corrected chi connectivity index (χ4v) is 3.71. The number of hydrogen-bond acceptors (Lipinski definition) is 3. The van der Waals surface area contributed by atoms with Crippen molar-refractivity contribution in [3.8, 4) is 5.82 Å². The minimum atomic E-state index is -0.180. The summed E-state index contributed by atoms with van der Waals surface area (Å²) in [7, 11) is 0. The Labute approximate surface area is 153 Å². The van der Waals surface area contributed by atoms with E-state index in [1.54, 1.807) is 6.20 Å². The number of pyridine rings is 1. The number of benzene rings is 1. The van der Waals surface area contributed by atoms with Crippen molar-refractivity contribution in [3.05, 3.63) is 77.8 Å². The van der Waals surface area contributed by atoms with E-state index < -0.39 is 0 Å². The van der Waals surface area contributed by atoms with Crippen molar-refractivity contribution in [1.82, 2.24) is 19.4 Å². The summed E-state index contributed by atoms with van der Waals surface area (Å²) in [5.74, 6) is 2.11. The van der Waals surface area contributed by atoms with Crippen LogP contribution in [0.4, 0.5) is 4.39 Å². The molecule has 1 atom stereocenters. The SMILES string of the molecule is Cc1nccn1-c1cccc(C2CCCN(Cc3ccc(F)cc3)C2)n1. The van der Waals surface area contributed by atoms with Gasteiger partial charge >= 0.3 is 0 Å². The normalized spacial score (nSPS) is 18.2. The van der Waals surface area contributed by atoms with Crippen molar-refractivity contribution in [2.75, 3.05) is 13.1 Å². The van der Waals surface area contributed by atoms with Crippen molar-refractivity contribution in [2.24, 2.45) is 0 Å². The molecule has 26 heavy (non-hydrogen) atoms. The number of imidazole rings is 1. The lowest BCUT2D eigenvalue weighted by Crippen LogP contribution is -2.34. The van der Waals surface area contributed by atoms with Crippen LogP contribution in [0.5, 0.6) is 0 Å². The number of likely N-dealkylation sites (tertiary alicyclic amines) is 1. The van der Waals surface area contributed by atoms with Crippen LogP contribution in [0.25, 0.3) is 5.82 Å². The van der Waals surface area contributed by atoms with E-state index in [1.807, 2.05) is 35.9 Å². The molecule has 1 aliphatic heterocycles. The van der Waals surface area contributed by atoms with E-state index in [-0.39, 0.29) is 5.82 Å². The van der Waals surface area contributed by atoms with Gasteiger partial charge in [-0.05, 0) is 56.1 Å². The van der Waals surface area contributed by atoms with Crippen LogP contribution in [0, 0.1) is 12.7 Å². The van der Waals surface area contributed by atoms with Crippen LogP contribution in [0.3, 0.4) is 0 Å². The fourth-order valence-electron chi connectivity index (χ4n) is 3.71. The third-order valence-electron chi connectivity index (χ3n) is 5.07. The van der Waals surface area contributed by atoms with Crippen LogP contribution >= 0.6 is 0 Å². The zero-order valence-corrected chi connectivity index (χ0v) is 15.0. The highest BCUT2D eigenvalue weighted by molar-refractivity contribution is 5.28. The first-order chi connectivity index (χ1) is 12.7. The summed E-state index contributed by atoms with van der Waals surface area (Å²) in [6.07, 6.45) is 6.05. The maximum Gasteiger partial charge on any atom is 0.138 e. The molecule has 3 heterocycles. The summed E-state index contributed by atoms with van der Waals surface area (Å²) in [6.45, 7) is 4.90. The van der Waals surface area contributed by atoms with E-state index in [9.17, 15) is 4.39 Å². The number of halogens is 1. The second kappa shape index (κ2) is 7.38. The Morgan fingerprint density at radius 1 is 1.15 bits per heavy atom. The topological polar surface area (TPSA) is 34.0 Å². The van der Waals surface area contributed by atoms with Gasteiger partial charge in [0.05, 0.1) is 0 Å². The lowest BCUT2D eigenvalue weighted by atomic mass is 9.94. The van der Waals surface area contributed by atoms with E-state index in [0.29, 0.717) is 5.92 Å². The number of rotatable bonds is 4. The van der Waals surface area contributed by atoms with Gasteiger partial charge in [-0.25, -0.2) is 14.4 Å². The number of piperidine rings is 1. The van der Waals surface area contributed by atoms with Crippen LogP contribution < -0.4 is 0 Å². The first-order valence-corrected chi connectivity index (χ1v) is 9.13. The molecule has 4 nitrogen and oxygen atoms in total. The standard InChI is InChI=1S/C21H23FN4/c1-16-23-11-13-26(16)21-6-2-5-20(24-21)18-4-3-12-25(15-18)14-17-7-9-19(22)10-8-17/h2,5-11,13,18H,3-4,12,14-15H2,1H3. The highest BCUT2D eigenvalue weighted by Gasteiger charge is 2.22. The molecule has 1 aromatic carbocycles. The van der Waals surface area contributed by atoms with E-state index in [4.69, 9.17) is 4.98 Å². The Balaban J connectivity index is 1.49. The number of aromatic nitrogens is 3. The van der Waals surface area contributed by atoms with Gasteiger partial charge in [0.1, 0.15) is 17.5 Å². The number of hydrogen-bond donors (Lipinski definition) is 0. The van der Waals surface area contributed by atoms with Crippen LogP contribution in [0.1, 0.15) is 35.8 Å². The average molecular weight is 350 g/mol. The smallest absolute Gasteiger partial charge is 0.138 e. The molecule has 134 valence electrons. The molecular formula is C21H23FN4. The third-order valence-corrected chi connectivity index (χ3v) is 5.07. The largest absolute Gasteiger partial charge is 0.298 e. The van der Waals surface area contributed by atoms with Gasteiger partial charge in [0.25, 0.3) is 0 Å². The lowest BCUT2D eigenvalue weighted by Gasteiger charge is -2.32. The van der Waals surface area contributed by atoms with Crippen molar-refractivity contribution in [3.63, 3.8) is 0 Å². The predicted octanol–water partition coefficient (Wildman–Crippen LogP) is 4.09. The highest BCUT2D eigenvalue weighted by Crippen LogP contribution is 2.27. The summed E-state index contributed by atoms with van der Waals surface area (Å²) >= 11 is 0. The Bertz CT molecular complexity index is 872. The lowest BCUT2D eigenvalue weighted by molar-refractivity contribution is 0.198. The van der Waals surface area contributed by atoms with Crippen molar-refractivity contribution in [2.45, 2.75) is 32.2 Å². The van der Waals surface area contributed by atoms with Gasteiger partial charge in [-0.2, -0.15) is 0 Å². The van der Waals surface area contributed by atoms with Gasteiger partial charge in [-0.3, -0.25) is 9.47 Å². The van der Waals surface area contributed by atoms with Gasteiger partial charge in [0.15, 0.2) is 0 Å². The molecule has 1 saturated heterocycles. The molecule has 1 fully saturated rings. The molecule has 0 aliphatic carbocycles. The zero-order valence-electron chi connectivity index (χ0n) is 15.0. The average Bonchev–Trinajstić information content (AvgIpc) is 3.10. The Morgan fingerprint density at radius 3 is 2.77 bits per heavy atom. The first kappa shape index (κ1) is 16.9. The van der Waals surface area contributed by atoms with E-state index in [1.165, 1.54) is 12.1 Å². The second-order valence-corrected chi connectivity index (χ2v) is 6.97. The molecule has 4 rings (SSSR count). The quantitative estimate of drug-likeness (QED) is 0.710. The predicted molar refractivity (Wildman–Crippen MR) is 99.7 cm³/mol. The Morgan fingerprint density at radius 2 is 2.00 bits per heavy atom. The van der Waals surface area contributed by atoms with Gasteiger partial charge in [0.2, 0.25) is 0 Å². The van der Waals surface area contributed by atoms with Crippen LogP contribution in [0.15, 0.2) is 54.9 Å². The molecule has 0 N–H and O–H groups in total. The van der Waals surface area contributed by atoms with Gasteiger partial charge < -0.3 is 0 Å². The molecule has 3 aromatic rings. The maximum atomic E-state index is 13.1. The minimum Gasteiger partial charge on any atom is -0.298 e. The fraction of sp³-hybridized carbons (Fsp3) is 0.333. The van der Waals surface area contributed by atoms with Crippen molar-refractivity contribution < 1.29 is 4.39 Å². The Hall–Kier alpha value is -2.53. The van der Waals surface area contributed by atoms with Crippen LogP contribution in [-0.4, -0.2) is 32.5 Å². The van der Waals surface area contributed by atoms with E-state index in [2.05, 4.69) is 22.0 Å². The molecule has 0 amide bonds. The Kier molecular flexibility index (Phi) is 4.80. The minimum absolute atomic E-state index is 0.180. The monoisotopic (exact) mass is 350 g/mol. The molecule has 0 radical (unpaired) electrons. The summed E-state index contributed by atoms with van der Waals surface area (Å²) in [4.78, 5) is 11.6. The third kappa shape index (κ3) is 3.68. The van der Waals surface area contributed by atoms with E-state index in [0.717, 1.165) is 55.4 Å². The molecule has 5 heteroatoms. The number of aryl methyl sites for hydroxylation is 1. The molecule has 0 bridgehead atoms. The molecule has 0 saturated carbocycles. The van der Waals surface area contributed by atoms with E-state index >= 15 is 0 Å². The highest BCUT2D eigenvalue weighted by atomic mass is 19.1. The van der Waals surface area contributed by atoms with Gasteiger partial charge in [-0.1, -0.05) is 18.2 Å². The summed E-state index contributed by atoms with van der Waals surface area (Å²) in [5.41, 5.74) is 2.29. The molecule has 2 aromatic heterocycles. The first-order valence-electron chi connectivity index (χ1n) is 9.13. The summed E-state index contributed by atoms with van der Waals surface area (Å²) in [6, 6.07) is 13.1. The summed E-state index contributed by atoms with van der Waals surface area (Å²) in [5, 5.41) is 0. The molecule has 0 spiro atoms. The summed E-state index contributed by atoms with van der Waals surface area (Å²) < 4.78 is 15.1. The molecule has 1 unspecified atom stereocenters. The second-order valence-electron chi connectivity index (χ2n) is 6.97. The zero-order chi connectivity index (χ0) is 17.9.